The Hall–Kier alpha value is -2.14. The highest BCUT2D eigenvalue weighted by Gasteiger charge is 2.34. The molecule has 0 aliphatic heterocycles. The second-order valence-electron chi connectivity index (χ2n) is 5.25. The second-order valence-corrected chi connectivity index (χ2v) is 5.25. The van der Waals surface area contributed by atoms with Crippen molar-refractivity contribution in [1.29, 1.82) is 0 Å². The van der Waals surface area contributed by atoms with Crippen molar-refractivity contribution in [2.75, 3.05) is 0 Å². The van der Waals surface area contributed by atoms with E-state index in [1.807, 2.05) is 6.07 Å². The maximum absolute atomic E-state index is 11.2. The average Bonchev–Trinajstić information content (AvgIpc) is 3.05. The lowest BCUT2D eigenvalue weighted by Gasteiger charge is -2.19. The molecule has 0 saturated heterocycles. The summed E-state index contributed by atoms with van der Waals surface area (Å²) in [7, 11) is 0. The topological polar surface area (TPSA) is 81.0 Å². The molecule has 3 N–H and O–H groups in total. The molecule has 0 unspecified atom stereocenters. The number of nitrogens with one attached hydrogen (secondary N) is 1. The zero-order valence-electron chi connectivity index (χ0n) is 11.2. The van der Waals surface area contributed by atoms with Crippen LogP contribution in [0, 0.1) is 0 Å². The molecule has 0 amide bonds. The smallest absolute Gasteiger partial charge is 0.335 e. The fraction of sp³-hybridized carbons (Fsp3) is 0.333. The standard InChI is InChI=1S/C15H17N3O2/c1-2-13(19)20-10-5-6-11-12(9-10)18-14(17-11)15(16)7-3-4-8-15/h2,5-6,9H,1,3-4,7-8,16H2,(H,17,18). The van der Waals surface area contributed by atoms with Crippen molar-refractivity contribution in [3.63, 3.8) is 0 Å². The third-order valence-electron chi connectivity index (χ3n) is 3.81. The van der Waals surface area contributed by atoms with Gasteiger partial charge in [0.2, 0.25) is 0 Å². The van der Waals surface area contributed by atoms with Gasteiger partial charge in [0.25, 0.3) is 0 Å². The Kier molecular flexibility index (Phi) is 3.06. The van der Waals surface area contributed by atoms with Gasteiger partial charge in [-0.3, -0.25) is 0 Å². The van der Waals surface area contributed by atoms with E-state index in [1.54, 1.807) is 12.1 Å². The van der Waals surface area contributed by atoms with Crippen molar-refractivity contribution in [1.82, 2.24) is 9.97 Å². The molecule has 1 aromatic carbocycles. The maximum Gasteiger partial charge on any atom is 0.335 e. The number of imidazole rings is 1. The van der Waals surface area contributed by atoms with Crippen molar-refractivity contribution >= 4 is 17.0 Å². The van der Waals surface area contributed by atoms with Gasteiger partial charge < -0.3 is 15.5 Å². The SMILES string of the molecule is C=CC(=O)Oc1ccc2nc(C3(N)CCCC3)[nH]c2c1. The van der Waals surface area contributed by atoms with Gasteiger partial charge in [-0.1, -0.05) is 19.4 Å². The number of esters is 1. The van der Waals surface area contributed by atoms with E-state index in [1.165, 1.54) is 0 Å². The molecule has 1 aliphatic rings. The molecule has 0 spiro atoms. The lowest BCUT2D eigenvalue weighted by atomic mass is 9.99. The minimum atomic E-state index is -0.477. The van der Waals surface area contributed by atoms with Gasteiger partial charge in [-0.15, -0.1) is 0 Å². The molecule has 1 aliphatic carbocycles. The minimum absolute atomic E-state index is 0.350. The Labute approximate surface area is 116 Å². The summed E-state index contributed by atoms with van der Waals surface area (Å²) >= 11 is 0. The molecule has 0 atom stereocenters. The zero-order chi connectivity index (χ0) is 14.2. The van der Waals surface area contributed by atoms with Crippen LogP contribution >= 0.6 is 0 Å². The van der Waals surface area contributed by atoms with Gasteiger partial charge in [0.1, 0.15) is 11.6 Å². The third-order valence-corrected chi connectivity index (χ3v) is 3.81. The third kappa shape index (κ3) is 2.20. The van der Waals surface area contributed by atoms with Crippen molar-refractivity contribution < 1.29 is 9.53 Å². The number of nitrogens with two attached hydrogens (primary N) is 1. The van der Waals surface area contributed by atoms with Crippen LogP contribution in [0.15, 0.2) is 30.9 Å². The molecular weight excluding hydrogens is 254 g/mol. The number of fused-ring (bicyclic) bond motifs is 1. The molecular formula is C15H17N3O2. The molecule has 5 heteroatoms. The Morgan fingerprint density at radius 3 is 2.90 bits per heavy atom. The van der Waals surface area contributed by atoms with Gasteiger partial charge in [-0.05, 0) is 25.0 Å². The number of carbonyl (C=O) groups excluding carboxylic acids is 1. The number of ether oxygens (including phenoxy) is 1. The first-order valence-corrected chi connectivity index (χ1v) is 6.74. The first-order chi connectivity index (χ1) is 9.60. The van der Waals surface area contributed by atoms with Crippen LogP contribution in [0.25, 0.3) is 11.0 Å². The summed E-state index contributed by atoms with van der Waals surface area (Å²) in [5.41, 5.74) is 7.70. The number of aromatic nitrogens is 2. The van der Waals surface area contributed by atoms with Crippen molar-refractivity contribution in [3.8, 4) is 5.75 Å². The van der Waals surface area contributed by atoms with Crippen LogP contribution < -0.4 is 10.5 Å². The highest BCUT2D eigenvalue weighted by Crippen LogP contribution is 2.35. The molecule has 1 aromatic heterocycles. The van der Waals surface area contributed by atoms with Crippen molar-refractivity contribution in [2.24, 2.45) is 5.73 Å². The number of benzene rings is 1. The van der Waals surface area contributed by atoms with E-state index in [0.717, 1.165) is 48.6 Å². The summed E-state index contributed by atoms with van der Waals surface area (Å²) < 4.78 is 5.10. The maximum atomic E-state index is 11.2. The fourth-order valence-corrected chi connectivity index (χ4v) is 2.69. The molecule has 1 fully saturated rings. The van der Waals surface area contributed by atoms with Gasteiger partial charge in [0.15, 0.2) is 0 Å². The van der Waals surface area contributed by atoms with E-state index >= 15 is 0 Å². The summed E-state index contributed by atoms with van der Waals surface area (Å²) in [6.45, 7) is 3.37. The van der Waals surface area contributed by atoms with E-state index in [9.17, 15) is 4.79 Å². The number of hydrogen-bond acceptors (Lipinski definition) is 4. The lowest BCUT2D eigenvalue weighted by Crippen LogP contribution is -2.34. The minimum Gasteiger partial charge on any atom is -0.423 e. The zero-order valence-corrected chi connectivity index (χ0v) is 11.2. The van der Waals surface area contributed by atoms with Crippen LogP contribution in [0.4, 0.5) is 0 Å². The van der Waals surface area contributed by atoms with E-state index < -0.39 is 5.97 Å². The molecule has 0 bridgehead atoms. The van der Waals surface area contributed by atoms with Crippen LogP contribution in [0.5, 0.6) is 5.75 Å². The molecule has 1 saturated carbocycles. The van der Waals surface area contributed by atoms with Crippen LogP contribution in [0.2, 0.25) is 0 Å². The van der Waals surface area contributed by atoms with E-state index in [4.69, 9.17) is 10.5 Å². The largest absolute Gasteiger partial charge is 0.423 e. The molecule has 5 nitrogen and oxygen atoms in total. The van der Waals surface area contributed by atoms with Gasteiger partial charge in [-0.2, -0.15) is 0 Å². The number of rotatable bonds is 3. The van der Waals surface area contributed by atoms with Crippen LogP contribution in [-0.4, -0.2) is 15.9 Å². The summed E-state index contributed by atoms with van der Waals surface area (Å²) in [5, 5.41) is 0. The summed E-state index contributed by atoms with van der Waals surface area (Å²) in [6.07, 6.45) is 5.30. The average molecular weight is 271 g/mol. The monoisotopic (exact) mass is 271 g/mol. The normalized spacial score (nSPS) is 17.2. The first kappa shape index (κ1) is 12.9. The van der Waals surface area contributed by atoms with Gasteiger partial charge in [0.05, 0.1) is 16.6 Å². The van der Waals surface area contributed by atoms with Crippen LogP contribution in [0.1, 0.15) is 31.5 Å². The fourth-order valence-electron chi connectivity index (χ4n) is 2.69. The number of carbonyl (C=O) groups is 1. The second kappa shape index (κ2) is 4.76. The van der Waals surface area contributed by atoms with Crippen molar-refractivity contribution in [2.45, 2.75) is 31.2 Å². The number of H-pyrrole nitrogens is 1. The molecule has 20 heavy (non-hydrogen) atoms. The summed E-state index contributed by atoms with van der Waals surface area (Å²) in [5.74, 6) is 0.808. The van der Waals surface area contributed by atoms with Crippen LogP contribution in [0.3, 0.4) is 0 Å². The molecule has 1 heterocycles. The molecule has 3 rings (SSSR count). The molecule has 2 aromatic rings. The number of aromatic amines is 1. The predicted octanol–water partition coefficient (Wildman–Crippen LogP) is 2.38. The van der Waals surface area contributed by atoms with Gasteiger partial charge >= 0.3 is 5.97 Å². The Morgan fingerprint density at radius 2 is 2.20 bits per heavy atom. The predicted molar refractivity (Wildman–Crippen MR) is 76.3 cm³/mol. The molecule has 0 radical (unpaired) electrons. The number of hydrogen-bond donors (Lipinski definition) is 2. The summed E-state index contributed by atoms with van der Waals surface area (Å²) in [6, 6.07) is 5.29. The quantitative estimate of drug-likeness (QED) is 0.510. The van der Waals surface area contributed by atoms with Crippen LogP contribution in [-0.2, 0) is 10.3 Å². The van der Waals surface area contributed by atoms with E-state index in [2.05, 4.69) is 16.5 Å². The summed E-state index contributed by atoms with van der Waals surface area (Å²) in [4.78, 5) is 19.0. The van der Waals surface area contributed by atoms with E-state index in [0.29, 0.717) is 5.75 Å². The van der Waals surface area contributed by atoms with Crippen molar-refractivity contribution in [3.05, 3.63) is 36.7 Å². The Bertz CT molecular complexity index is 669. The van der Waals surface area contributed by atoms with E-state index in [-0.39, 0.29) is 5.54 Å². The highest BCUT2D eigenvalue weighted by molar-refractivity contribution is 5.84. The van der Waals surface area contributed by atoms with Gasteiger partial charge in [0, 0.05) is 12.1 Å². The highest BCUT2D eigenvalue weighted by atomic mass is 16.5. The Balaban J connectivity index is 1.95. The lowest BCUT2D eigenvalue weighted by molar-refractivity contribution is -0.128. The first-order valence-electron chi connectivity index (χ1n) is 6.74. The number of nitrogens with zero attached hydrogens (tertiary/aromatic N) is 1. The molecule has 104 valence electrons. The Morgan fingerprint density at radius 1 is 1.45 bits per heavy atom. The van der Waals surface area contributed by atoms with Gasteiger partial charge in [-0.25, -0.2) is 9.78 Å².